The fourth-order valence-electron chi connectivity index (χ4n) is 3.69. The molecule has 0 unspecified atom stereocenters. The molecular formula is C27H30O3Si. The second-order valence-corrected chi connectivity index (χ2v) is 11.0. The van der Waals surface area contributed by atoms with E-state index in [0.29, 0.717) is 6.61 Å². The first-order chi connectivity index (χ1) is 15.1. The highest BCUT2D eigenvalue weighted by Crippen LogP contribution is 2.18. The van der Waals surface area contributed by atoms with Crippen molar-refractivity contribution in [1.29, 1.82) is 0 Å². The minimum atomic E-state index is -2.84. The normalized spacial score (nSPS) is 12.8. The Balaban J connectivity index is 2.18. The average molecular weight is 431 g/mol. The lowest BCUT2D eigenvalue weighted by molar-refractivity contribution is -0.137. The van der Waals surface area contributed by atoms with Gasteiger partial charge in [-0.15, -0.1) is 0 Å². The Morgan fingerprint density at radius 3 is 1.58 bits per heavy atom. The molecule has 4 heteroatoms. The molecule has 0 bridgehead atoms. The zero-order valence-electron chi connectivity index (χ0n) is 18.4. The molecule has 160 valence electrons. The van der Waals surface area contributed by atoms with Crippen molar-refractivity contribution in [2.75, 3.05) is 6.61 Å². The van der Waals surface area contributed by atoms with Gasteiger partial charge in [-0.1, -0.05) is 105 Å². The molecular weight excluding hydrogens is 400 g/mol. The van der Waals surface area contributed by atoms with Gasteiger partial charge in [-0.05, 0) is 34.5 Å². The van der Waals surface area contributed by atoms with Crippen LogP contribution in [-0.4, -0.2) is 27.0 Å². The predicted molar refractivity (Wildman–Crippen MR) is 129 cm³/mol. The highest BCUT2D eigenvalue weighted by atomic mass is 28.4. The van der Waals surface area contributed by atoms with Gasteiger partial charge in [0, 0.05) is 6.08 Å². The van der Waals surface area contributed by atoms with Crippen LogP contribution in [-0.2, 0) is 14.0 Å². The summed E-state index contributed by atoms with van der Waals surface area (Å²) in [6.07, 6.45) is 3.09. The van der Waals surface area contributed by atoms with E-state index in [1.165, 1.54) is 21.6 Å². The largest absolute Gasteiger partial charge is 0.463 e. The summed E-state index contributed by atoms with van der Waals surface area (Å²) in [5.41, 5.74) is 0. The van der Waals surface area contributed by atoms with E-state index < -0.39 is 8.32 Å². The van der Waals surface area contributed by atoms with Crippen molar-refractivity contribution in [3.05, 3.63) is 103 Å². The van der Waals surface area contributed by atoms with E-state index in [1.54, 1.807) is 6.92 Å². The Kier molecular flexibility index (Phi) is 7.98. The molecule has 31 heavy (non-hydrogen) atoms. The monoisotopic (exact) mass is 430 g/mol. The number of esters is 1. The number of carbonyl (C=O) groups is 1. The molecule has 0 saturated carbocycles. The van der Waals surface area contributed by atoms with Crippen LogP contribution in [0.25, 0.3) is 0 Å². The van der Waals surface area contributed by atoms with Crippen LogP contribution >= 0.6 is 0 Å². The minimum Gasteiger partial charge on any atom is -0.463 e. The molecule has 0 aliphatic carbocycles. The number of ether oxygens (including phenoxy) is 1. The molecule has 0 heterocycles. The van der Waals surface area contributed by atoms with Crippen molar-refractivity contribution in [1.82, 2.24) is 0 Å². The summed E-state index contributed by atoms with van der Waals surface area (Å²) < 4.78 is 12.2. The summed E-state index contributed by atoms with van der Waals surface area (Å²) in [4.78, 5) is 12.0. The fraction of sp³-hybridized carbons (Fsp3) is 0.222. The van der Waals surface area contributed by atoms with Crippen LogP contribution in [0.4, 0.5) is 0 Å². The van der Waals surface area contributed by atoms with E-state index in [-0.39, 0.29) is 18.0 Å². The quantitative estimate of drug-likeness (QED) is 0.224. The molecule has 0 fully saturated rings. The van der Waals surface area contributed by atoms with Crippen LogP contribution in [0.3, 0.4) is 0 Å². The lowest BCUT2D eigenvalue weighted by Gasteiger charge is -2.37. The van der Waals surface area contributed by atoms with Gasteiger partial charge in [0.15, 0.2) is 0 Å². The van der Waals surface area contributed by atoms with Crippen molar-refractivity contribution in [2.45, 2.75) is 26.9 Å². The first-order valence-electron chi connectivity index (χ1n) is 10.8. The van der Waals surface area contributed by atoms with Crippen molar-refractivity contribution in [3.8, 4) is 0 Å². The number of hydrogen-bond acceptors (Lipinski definition) is 3. The third-order valence-electron chi connectivity index (χ3n) is 5.22. The van der Waals surface area contributed by atoms with Crippen LogP contribution in [0, 0.1) is 5.92 Å². The van der Waals surface area contributed by atoms with Gasteiger partial charge < -0.3 is 9.16 Å². The maximum atomic E-state index is 12.0. The van der Waals surface area contributed by atoms with Crippen LogP contribution in [0.1, 0.15) is 20.8 Å². The summed E-state index contributed by atoms with van der Waals surface area (Å²) in [6.45, 7) is 6.38. The Bertz CT molecular complexity index is 872. The summed E-state index contributed by atoms with van der Waals surface area (Å²) in [6, 6.07) is 31.4. The summed E-state index contributed by atoms with van der Waals surface area (Å²) in [5, 5.41) is 3.51. The third kappa shape index (κ3) is 5.40. The van der Waals surface area contributed by atoms with Gasteiger partial charge >= 0.3 is 5.97 Å². The Morgan fingerprint density at radius 2 is 1.23 bits per heavy atom. The number of hydrogen-bond donors (Lipinski definition) is 0. The molecule has 0 radical (unpaired) electrons. The zero-order chi connectivity index (χ0) is 22.1. The second kappa shape index (κ2) is 10.9. The van der Waals surface area contributed by atoms with E-state index >= 15 is 0 Å². The SMILES string of the molecule is CCOC(=O)/C=C/[C@H](O[Si](c1ccccc1)(c1ccccc1)c1ccccc1)C(C)C. The van der Waals surface area contributed by atoms with E-state index in [9.17, 15) is 4.79 Å². The number of carbonyl (C=O) groups excluding carboxylic acids is 1. The molecule has 3 rings (SSSR count). The van der Waals surface area contributed by atoms with Crippen molar-refractivity contribution >= 4 is 29.8 Å². The first kappa shape index (κ1) is 22.7. The van der Waals surface area contributed by atoms with E-state index in [0.717, 1.165) is 0 Å². The van der Waals surface area contributed by atoms with E-state index in [2.05, 4.69) is 86.6 Å². The Labute approximate surface area is 186 Å². The first-order valence-corrected chi connectivity index (χ1v) is 12.7. The highest BCUT2D eigenvalue weighted by molar-refractivity contribution is 7.07. The van der Waals surface area contributed by atoms with Crippen LogP contribution in [0.15, 0.2) is 103 Å². The van der Waals surface area contributed by atoms with Gasteiger partial charge in [-0.25, -0.2) is 4.79 Å². The zero-order valence-corrected chi connectivity index (χ0v) is 19.4. The van der Waals surface area contributed by atoms with Crippen molar-refractivity contribution in [2.24, 2.45) is 5.92 Å². The average Bonchev–Trinajstić information content (AvgIpc) is 2.81. The molecule has 0 N–H and O–H groups in total. The second-order valence-electron chi connectivity index (χ2n) is 7.72. The third-order valence-corrected chi connectivity index (χ3v) is 9.28. The summed E-state index contributed by atoms with van der Waals surface area (Å²) in [7, 11) is -2.84. The molecule has 0 aliphatic heterocycles. The van der Waals surface area contributed by atoms with Crippen LogP contribution < -0.4 is 15.6 Å². The molecule has 1 atom stereocenters. The number of benzene rings is 3. The maximum absolute atomic E-state index is 12.0. The predicted octanol–water partition coefficient (Wildman–Crippen LogP) is 3.81. The number of rotatable bonds is 9. The smallest absolute Gasteiger partial charge is 0.330 e. The highest BCUT2D eigenvalue weighted by Gasteiger charge is 2.43. The standard InChI is InChI=1S/C27H30O3Si/c1-4-29-27(28)21-20-26(22(2)3)30-31(23-14-8-5-9-15-23,24-16-10-6-11-17-24)25-18-12-7-13-19-25/h5-22,26H,4H2,1-3H3/b21-20+/t26-/m0/s1. The van der Waals surface area contributed by atoms with Gasteiger partial charge in [0.1, 0.15) is 0 Å². The lowest BCUT2D eigenvalue weighted by Crippen LogP contribution is -2.70. The topological polar surface area (TPSA) is 35.5 Å². The van der Waals surface area contributed by atoms with Gasteiger partial charge in [-0.3, -0.25) is 0 Å². The maximum Gasteiger partial charge on any atom is 0.330 e. The fourth-order valence-corrected chi connectivity index (χ4v) is 7.84. The van der Waals surface area contributed by atoms with Crippen molar-refractivity contribution in [3.63, 3.8) is 0 Å². The molecule has 0 saturated heterocycles. The van der Waals surface area contributed by atoms with Gasteiger partial charge in [-0.2, -0.15) is 0 Å². The van der Waals surface area contributed by atoms with Gasteiger partial charge in [0.2, 0.25) is 0 Å². The molecule has 0 aromatic heterocycles. The lowest BCUT2D eigenvalue weighted by atomic mass is 10.1. The summed E-state index contributed by atoms with van der Waals surface area (Å²) in [5.74, 6) is -0.170. The molecule has 0 amide bonds. The molecule has 0 aliphatic rings. The Hall–Kier alpha value is -2.95. The van der Waals surface area contributed by atoms with Crippen LogP contribution in [0.5, 0.6) is 0 Å². The Morgan fingerprint density at radius 1 is 0.806 bits per heavy atom. The molecule has 0 spiro atoms. The minimum absolute atomic E-state index is 0.175. The molecule has 3 aromatic carbocycles. The van der Waals surface area contributed by atoms with E-state index in [1.807, 2.05) is 24.3 Å². The van der Waals surface area contributed by atoms with Gasteiger partial charge in [0.05, 0.1) is 12.7 Å². The molecule has 3 nitrogen and oxygen atoms in total. The van der Waals surface area contributed by atoms with Crippen LogP contribution in [0.2, 0.25) is 0 Å². The van der Waals surface area contributed by atoms with Crippen molar-refractivity contribution < 1.29 is 14.0 Å². The van der Waals surface area contributed by atoms with E-state index in [4.69, 9.17) is 9.16 Å². The summed E-state index contributed by atoms with van der Waals surface area (Å²) >= 11 is 0. The molecule has 3 aromatic rings. The van der Waals surface area contributed by atoms with Gasteiger partial charge in [0.25, 0.3) is 8.32 Å².